The lowest BCUT2D eigenvalue weighted by Crippen LogP contribution is -2.43. The van der Waals surface area contributed by atoms with Crippen molar-refractivity contribution in [2.75, 3.05) is 70.0 Å². The number of carbonyl (C=O) groups is 3. The molecule has 8 nitrogen and oxygen atoms in total. The summed E-state index contributed by atoms with van der Waals surface area (Å²) in [6, 6.07) is 7.77. The number of quaternary nitrogens is 1. The van der Waals surface area contributed by atoms with Gasteiger partial charge in [-0.15, -0.1) is 11.8 Å². The normalized spacial score (nSPS) is 11.8. The van der Waals surface area contributed by atoms with Gasteiger partial charge in [0.15, 0.2) is 0 Å². The van der Waals surface area contributed by atoms with Crippen LogP contribution in [0.1, 0.15) is 199 Å². The Kier molecular flexibility index (Phi) is 39.0. The summed E-state index contributed by atoms with van der Waals surface area (Å²) < 4.78 is 12.0. The van der Waals surface area contributed by atoms with Crippen molar-refractivity contribution >= 4 is 35.3 Å². The summed E-state index contributed by atoms with van der Waals surface area (Å²) in [6.07, 6.45) is 42.3. The highest BCUT2D eigenvalue weighted by molar-refractivity contribution is 7.99. The first-order chi connectivity index (χ1) is 30.7. The fourth-order valence-electron chi connectivity index (χ4n) is 7.65. The second-order valence-electron chi connectivity index (χ2n) is 18.2. The molecule has 0 aliphatic heterocycles. The van der Waals surface area contributed by atoms with E-state index in [4.69, 9.17) is 9.47 Å². The fourth-order valence-corrected chi connectivity index (χ4v) is 8.74. The van der Waals surface area contributed by atoms with Crippen LogP contribution in [0.3, 0.4) is 0 Å². The van der Waals surface area contributed by atoms with Gasteiger partial charge in [-0.25, -0.2) is 0 Å². The number of hydrogen-bond donors (Lipinski definition) is 1. The van der Waals surface area contributed by atoms with Gasteiger partial charge in [0.25, 0.3) is 0 Å². The number of anilines is 1. The summed E-state index contributed by atoms with van der Waals surface area (Å²) in [5.41, 5.74) is 1.69. The highest BCUT2D eigenvalue weighted by Crippen LogP contribution is 2.23. The second kappa shape index (κ2) is 42.0. The molecule has 1 N–H and O–H groups in total. The number of ether oxygens (including phenoxy) is 2. The van der Waals surface area contributed by atoms with Crippen LogP contribution in [-0.2, 0) is 30.3 Å². The van der Waals surface area contributed by atoms with Crippen molar-refractivity contribution in [3.05, 3.63) is 54.1 Å². The molecule has 0 unspecified atom stereocenters. The molecule has 0 aliphatic carbocycles. The molecular weight excluding hydrogens is 805 g/mol. The van der Waals surface area contributed by atoms with Gasteiger partial charge >= 0.3 is 11.9 Å². The number of aliphatic hydroxyl groups excluding tert-OH is 1. The zero-order valence-corrected chi connectivity index (χ0v) is 41.9. The molecule has 0 saturated carbocycles. The molecule has 63 heavy (non-hydrogen) atoms. The van der Waals surface area contributed by atoms with Gasteiger partial charge in [-0.2, -0.15) is 0 Å². The monoisotopic (exact) mass is 900 g/mol. The Morgan fingerprint density at radius 2 is 1.05 bits per heavy atom. The quantitative estimate of drug-likeness (QED) is 0.0302. The van der Waals surface area contributed by atoms with Gasteiger partial charge in [-0.05, 0) is 75.8 Å². The van der Waals surface area contributed by atoms with Gasteiger partial charge in [0.1, 0.15) is 13.2 Å². The van der Waals surface area contributed by atoms with E-state index in [1.54, 1.807) is 16.7 Å². The lowest BCUT2D eigenvalue weighted by Gasteiger charge is -2.29. The van der Waals surface area contributed by atoms with Crippen molar-refractivity contribution < 1.29 is 33.4 Å². The van der Waals surface area contributed by atoms with E-state index < -0.39 is 0 Å². The molecule has 0 heterocycles. The zero-order chi connectivity index (χ0) is 45.9. The van der Waals surface area contributed by atoms with Gasteiger partial charge in [-0.1, -0.05) is 159 Å². The summed E-state index contributed by atoms with van der Waals surface area (Å²) in [5, 5.41) is 9.41. The SMILES string of the molecule is CCCCCCCCC=CCCCCCCCC(=O)OCCc1ccccc1N(CCOC(=O)CCCCCCCC=CCCCCCCCC)C(=O)CSCC[N+](C)(C)CCO. The average molecular weight is 900 g/mol. The Balaban J connectivity index is 2.49. The number of rotatable bonds is 44. The molecule has 362 valence electrons. The van der Waals surface area contributed by atoms with E-state index in [0.29, 0.717) is 36.0 Å². The van der Waals surface area contributed by atoms with Gasteiger partial charge in [-0.3, -0.25) is 14.4 Å². The maximum absolute atomic E-state index is 13.8. The predicted molar refractivity (Wildman–Crippen MR) is 270 cm³/mol. The average Bonchev–Trinajstić information content (AvgIpc) is 3.26. The minimum Gasteiger partial charge on any atom is -0.465 e. The van der Waals surface area contributed by atoms with Crippen molar-refractivity contribution in [1.82, 2.24) is 0 Å². The molecule has 0 aliphatic rings. The molecule has 0 fully saturated rings. The van der Waals surface area contributed by atoms with E-state index in [0.717, 1.165) is 74.9 Å². The van der Waals surface area contributed by atoms with Crippen LogP contribution in [0.2, 0.25) is 0 Å². The molecule has 0 saturated heterocycles. The molecule has 1 amide bonds. The summed E-state index contributed by atoms with van der Waals surface area (Å²) in [5.74, 6) is 0.641. The Hall–Kier alpha value is -2.62. The first-order valence-electron chi connectivity index (χ1n) is 25.7. The number of nitrogens with zero attached hydrogens (tertiary/aromatic N) is 2. The predicted octanol–water partition coefficient (Wildman–Crippen LogP) is 13.5. The minimum atomic E-state index is -0.218. The zero-order valence-electron chi connectivity index (χ0n) is 41.1. The summed E-state index contributed by atoms with van der Waals surface area (Å²) in [6.45, 7) is 6.79. The van der Waals surface area contributed by atoms with Crippen LogP contribution in [0, 0.1) is 0 Å². The van der Waals surface area contributed by atoms with Crippen molar-refractivity contribution in [1.29, 1.82) is 0 Å². The van der Waals surface area contributed by atoms with E-state index in [-0.39, 0.29) is 44.2 Å². The number of unbranched alkanes of at least 4 members (excludes halogenated alkanes) is 22. The van der Waals surface area contributed by atoms with Crippen molar-refractivity contribution in [3.8, 4) is 0 Å². The largest absolute Gasteiger partial charge is 0.465 e. The molecule has 1 aromatic carbocycles. The first-order valence-corrected chi connectivity index (χ1v) is 26.9. The van der Waals surface area contributed by atoms with Crippen LogP contribution in [0.25, 0.3) is 0 Å². The number of carbonyl (C=O) groups excluding carboxylic acids is 3. The lowest BCUT2D eigenvalue weighted by molar-refractivity contribution is -0.888. The molecular formula is C54H95N2O6S+. The third-order valence-corrected chi connectivity index (χ3v) is 12.8. The van der Waals surface area contributed by atoms with Crippen LogP contribution in [0.4, 0.5) is 5.69 Å². The number of likely N-dealkylation sites (N-methyl/N-ethyl adjacent to an activating group) is 1. The van der Waals surface area contributed by atoms with Crippen LogP contribution in [0.5, 0.6) is 0 Å². The van der Waals surface area contributed by atoms with Crippen molar-refractivity contribution in [2.24, 2.45) is 0 Å². The second-order valence-corrected chi connectivity index (χ2v) is 19.3. The number of thioether (sulfide) groups is 1. The number of hydrogen-bond acceptors (Lipinski definition) is 7. The highest BCUT2D eigenvalue weighted by atomic mass is 32.2. The molecule has 1 aromatic rings. The number of allylic oxidation sites excluding steroid dienone is 4. The molecule has 0 spiro atoms. The first kappa shape index (κ1) is 58.4. The van der Waals surface area contributed by atoms with Gasteiger partial charge < -0.3 is 24.0 Å². The van der Waals surface area contributed by atoms with E-state index in [1.807, 2.05) is 24.3 Å². The molecule has 0 aromatic heterocycles. The van der Waals surface area contributed by atoms with Crippen molar-refractivity contribution in [3.63, 3.8) is 0 Å². The minimum absolute atomic E-state index is 0.0469. The number of benzene rings is 1. The smallest absolute Gasteiger partial charge is 0.305 e. The number of para-hydroxylation sites is 1. The third-order valence-electron chi connectivity index (χ3n) is 11.9. The van der Waals surface area contributed by atoms with Crippen LogP contribution >= 0.6 is 11.8 Å². The topological polar surface area (TPSA) is 93.1 Å². The molecule has 1 rings (SSSR count). The number of amides is 1. The maximum Gasteiger partial charge on any atom is 0.305 e. The molecule has 0 bridgehead atoms. The van der Waals surface area contributed by atoms with Gasteiger partial charge in [0, 0.05) is 30.7 Å². The van der Waals surface area contributed by atoms with E-state index >= 15 is 0 Å². The van der Waals surface area contributed by atoms with Gasteiger partial charge in [0.05, 0.1) is 46.2 Å². The summed E-state index contributed by atoms with van der Waals surface area (Å²) >= 11 is 1.58. The maximum atomic E-state index is 13.8. The van der Waals surface area contributed by atoms with E-state index in [2.05, 4.69) is 52.2 Å². The Bertz CT molecular complexity index is 1320. The van der Waals surface area contributed by atoms with E-state index in [9.17, 15) is 19.5 Å². The fraction of sp³-hybridized carbons (Fsp3) is 0.759. The lowest BCUT2D eigenvalue weighted by atomic mass is 10.1. The number of aliphatic hydroxyl groups is 1. The van der Waals surface area contributed by atoms with Gasteiger partial charge in [0.2, 0.25) is 5.91 Å². The third kappa shape index (κ3) is 35.3. The summed E-state index contributed by atoms with van der Waals surface area (Å²) in [7, 11) is 4.16. The Labute approximate surface area is 391 Å². The Morgan fingerprint density at radius 1 is 0.603 bits per heavy atom. The van der Waals surface area contributed by atoms with Crippen LogP contribution in [-0.4, -0.2) is 92.5 Å². The molecule has 0 radical (unpaired) electrons. The van der Waals surface area contributed by atoms with Crippen LogP contribution < -0.4 is 4.90 Å². The van der Waals surface area contributed by atoms with Crippen LogP contribution in [0.15, 0.2) is 48.6 Å². The van der Waals surface area contributed by atoms with Crippen molar-refractivity contribution in [2.45, 2.75) is 200 Å². The summed E-state index contributed by atoms with van der Waals surface area (Å²) in [4.78, 5) is 40.8. The highest BCUT2D eigenvalue weighted by Gasteiger charge is 2.21. The van der Waals surface area contributed by atoms with E-state index in [1.165, 1.54) is 116 Å². The number of esters is 2. The molecule has 9 heteroatoms. The Morgan fingerprint density at radius 3 is 1.54 bits per heavy atom. The standard InChI is InChI=1S/C54H95N2O6S/c1-5-7-9-11-13-15-17-19-21-23-25-27-29-31-33-39-53(59)61-46-41-50-37-35-36-38-51(50)55(52(58)49-63-48-44-56(3,4)43-45-57)42-47-62-54(60)40-34-32-30-28-26-24-22-20-18-16-14-12-10-8-6-2/h19-22,35-38,57H,5-18,23-34,39-49H2,1-4H3/q+1. The molecule has 0 atom stereocenters.